The van der Waals surface area contributed by atoms with Gasteiger partial charge in [-0.3, -0.25) is 0 Å². The number of benzene rings is 1. The second-order valence-corrected chi connectivity index (χ2v) is 6.03. The molecule has 1 heterocycles. The third-order valence-electron chi connectivity index (χ3n) is 3.32. The van der Waals surface area contributed by atoms with E-state index in [9.17, 15) is 0 Å². The van der Waals surface area contributed by atoms with Crippen molar-refractivity contribution < 1.29 is 4.74 Å². The molecule has 0 aliphatic heterocycles. The highest BCUT2D eigenvalue weighted by molar-refractivity contribution is 7.99. The quantitative estimate of drug-likeness (QED) is 0.831. The summed E-state index contributed by atoms with van der Waals surface area (Å²) in [5, 5.41) is 4.79. The SMILES string of the molecule is CNC(c1ccc(OC)cc1)C(C)Sc1nccn1C. The highest BCUT2D eigenvalue weighted by atomic mass is 32.2. The number of nitrogens with one attached hydrogen (secondary N) is 1. The number of hydrogen-bond acceptors (Lipinski definition) is 4. The summed E-state index contributed by atoms with van der Waals surface area (Å²) >= 11 is 1.77. The Hall–Kier alpha value is -1.46. The van der Waals surface area contributed by atoms with E-state index in [0.29, 0.717) is 5.25 Å². The van der Waals surface area contributed by atoms with Crippen LogP contribution in [-0.4, -0.2) is 29.0 Å². The Morgan fingerprint density at radius 2 is 2.00 bits per heavy atom. The third kappa shape index (κ3) is 3.35. The second kappa shape index (κ2) is 6.81. The summed E-state index contributed by atoms with van der Waals surface area (Å²) in [5.41, 5.74) is 1.25. The van der Waals surface area contributed by atoms with Crippen LogP contribution in [0.25, 0.3) is 0 Å². The van der Waals surface area contributed by atoms with Gasteiger partial charge < -0.3 is 14.6 Å². The van der Waals surface area contributed by atoms with Gasteiger partial charge in [0.15, 0.2) is 5.16 Å². The molecule has 2 rings (SSSR count). The van der Waals surface area contributed by atoms with Gasteiger partial charge in [0.2, 0.25) is 0 Å². The molecule has 0 aliphatic carbocycles. The van der Waals surface area contributed by atoms with E-state index in [0.717, 1.165) is 10.9 Å². The summed E-state index contributed by atoms with van der Waals surface area (Å²) in [6.45, 7) is 2.21. The summed E-state index contributed by atoms with van der Waals surface area (Å²) in [7, 11) is 5.69. The highest BCUT2D eigenvalue weighted by Crippen LogP contribution is 2.31. The zero-order valence-electron chi connectivity index (χ0n) is 12.3. The van der Waals surface area contributed by atoms with E-state index < -0.39 is 0 Å². The number of aromatic nitrogens is 2. The first-order chi connectivity index (χ1) is 9.65. The molecular weight excluding hydrogens is 270 g/mol. The molecule has 2 aromatic rings. The van der Waals surface area contributed by atoms with Crippen molar-refractivity contribution in [3.8, 4) is 5.75 Å². The van der Waals surface area contributed by atoms with E-state index >= 15 is 0 Å². The lowest BCUT2D eigenvalue weighted by atomic mass is 10.0. The molecule has 0 spiro atoms. The van der Waals surface area contributed by atoms with E-state index in [1.165, 1.54) is 5.56 Å². The van der Waals surface area contributed by atoms with Gasteiger partial charge in [-0.15, -0.1) is 0 Å². The van der Waals surface area contributed by atoms with Crippen LogP contribution in [0.4, 0.5) is 0 Å². The van der Waals surface area contributed by atoms with Crippen molar-refractivity contribution in [3.05, 3.63) is 42.2 Å². The number of aryl methyl sites for hydroxylation is 1. The first kappa shape index (κ1) is 14.9. The number of hydrogen-bond donors (Lipinski definition) is 1. The van der Waals surface area contributed by atoms with Gasteiger partial charge >= 0.3 is 0 Å². The van der Waals surface area contributed by atoms with Gasteiger partial charge in [-0.05, 0) is 24.7 Å². The summed E-state index contributed by atoms with van der Waals surface area (Å²) < 4.78 is 7.25. The van der Waals surface area contributed by atoms with E-state index in [1.54, 1.807) is 18.9 Å². The Labute approximate surface area is 124 Å². The van der Waals surface area contributed by atoms with Crippen LogP contribution >= 0.6 is 11.8 Å². The van der Waals surface area contributed by atoms with E-state index in [2.05, 4.69) is 29.4 Å². The number of thioether (sulfide) groups is 1. The smallest absolute Gasteiger partial charge is 0.167 e. The van der Waals surface area contributed by atoms with Crippen LogP contribution in [-0.2, 0) is 7.05 Å². The minimum atomic E-state index is 0.266. The van der Waals surface area contributed by atoms with Crippen molar-refractivity contribution in [2.75, 3.05) is 14.2 Å². The number of imidazole rings is 1. The Bertz CT molecular complexity index is 538. The molecule has 2 atom stereocenters. The molecule has 0 saturated heterocycles. The predicted octanol–water partition coefficient (Wildman–Crippen LogP) is 2.87. The Kier molecular flexibility index (Phi) is 5.09. The van der Waals surface area contributed by atoms with Crippen molar-refractivity contribution in [3.63, 3.8) is 0 Å². The van der Waals surface area contributed by atoms with Gasteiger partial charge in [0.05, 0.1) is 7.11 Å². The molecular formula is C15H21N3OS. The molecule has 0 saturated carbocycles. The molecule has 5 heteroatoms. The maximum absolute atomic E-state index is 5.21. The molecule has 4 nitrogen and oxygen atoms in total. The summed E-state index contributed by atoms with van der Waals surface area (Å²) in [6, 6.07) is 8.48. The first-order valence-corrected chi connectivity index (χ1v) is 7.49. The van der Waals surface area contributed by atoms with Crippen LogP contribution in [0, 0.1) is 0 Å². The van der Waals surface area contributed by atoms with Crippen molar-refractivity contribution in [2.45, 2.75) is 23.4 Å². The minimum absolute atomic E-state index is 0.266. The molecule has 0 radical (unpaired) electrons. The van der Waals surface area contributed by atoms with Crippen LogP contribution in [0.2, 0.25) is 0 Å². The lowest BCUT2D eigenvalue weighted by Crippen LogP contribution is -2.25. The minimum Gasteiger partial charge on any atom is -0.497 e. The van der Waals surface area contributed by atoms with E-state index in [4.69, 9.17) is 4.74 Å². The maximum atomic E-state index is 5.21. The average Bonchev–Trinajstić information content (AvgIpc) is 2.86. The van der Waals surface area contributed by atoms with Crippen LogP contribution in [0.5, 0.6) is 5.75 Å². The van der Waals surface area contributed by atoms with Crippen molar-refractivity contribution >= 4 is 11.8 Å². The molecule has 1 N–H and O–H groups in total. The number of ether oxygens (including phenoxy) is 1. The molecule has 0 fully saturated rings. The maximum Gasteiger partial charge on any atom is 0.167 e. The van der Waals surface area contributed by atoms with Crippen molar-refractivity contribution in [1.82, 2.24) is 14.9 Å². The molecule has 20 heavy (non-hydrogen) atoms. The van der Waals surface area contributed by atoms with Crippen molar-refractivity contribution in [1.29, 1.82) is 0 Å². The number of methoxy groups -OCH3 is 1. The number of rotatable bonds is 6. The predicted molar refractivity (Wildman–Crippen MR) is 83.3 cm³/mol. The normalized spacial score (nSPS) is 14.0. The molecule has 0 bridgehead atoms. The standard InChI is InChI=1S/C15H21N3OS/c1-11(20-15-17-9-10-18(15)3)14(16-2)12-5-7-13(19-4)8-6-12/h5-11,14,16H,1-4H3. The van der Waals surface area contributed by atoms with Crippen LogP contribution < -0.4 is 10.1 Å². The molecule has 1 aromatic carbocycles. The number of nitrogens with zero attached hydrogens (tertiary/aromatic N) is 2. The van der Waals surface area contributed by atoms with Gasteiger partial charge in [-0.25, -0.2) is 4.98 Å². The zero-order valence-corrected chi connectivity index (χ0v) is 13.1. The lowest BCUT2D eigenvalue weighted by molar-refractivity contribution is 0.414. The second-order valence-electron chi connectivity index (χ2n) is 4.68. The molecule has 0 aliphatic rings. The Balaban J connectivity index is 2.12. The van der Waals surface area contributed by atoms with Crippen LogP contribution in [0.1, 0.15) is 18.5 Å². The molecule has 0 amide bonds. The molecule has 2 unspecified atom stereocenters. The monoisotopic (exact) mass is 291 g/mol. The fourth-order valence-electron chi connectivity index (χ4n) is 2.18. The van der Waals surface area contributed by atoms with Crippen LogP contribution in [0.15, 0.2) is 41.8 Å². The Morgan fingerprint density at radius 1 is 1.30 bits per heavy atom. The van der Waals surface area contributed by atoms with E-state index in [1.807, 2.05) is 43.2 Å². The average molecular weight is 291 g/mol. The zero-order chi connectivity index (χ0) is 14.5. The summed E-state index contributed by atoms with van der Waals surface area (Å²) in [6.07, 6.45) is 3.80. The van der Waals surface area contributed by atoms with Gasteiger partial charge in [0.25, 0.3) is 0 Å². The third-order valence-corrected chi connectivity index (χ3v) is 4.57. The topological polar surface area (TPSA) is 39.1 Å². The lowest BCUT2D eigenvalue weighted by Gasteiger charge is -2.23. The van der Waals surface area contributed by atoms with Crippen molar-refractivity contribution in [2.24, 2.45) is 7.05 Å². The van der Waals surface area contributed by atoms with Gasteiger partial charge in [-0.2, -0.15) is 0 Å². The first-order valence-electron chi connectivity index (χ1n) is 6.61. The fraction of sp³-hybridized carbons (Fsp3) is 0.400. The summed E-state index contributed by atoms with van der Waals surface area (Å²) in [5.74, 6) is 0.882. The summed E-state index contributed by atoms with van der Waals surface area (Å²) in [4.78, 5) is 4.37. The fourth-order valence-corrected chi connectivity index (χ4v) is 3.29. The van der Waals surface area contributed by atoms with Gasteiger partial charge in [0, 0.05) is 30.7 Å². The highest BCUT2D eigenvalue weighted by Gasteiger charge is 2.20. The Morgan fingerprint density at radius 3 is 2.50 bits per heavy atom. The van der Waals surface area contributed by atoms with Gasteiger partial charge in [-0.1, -0.05) is 30.8 Å². The largest absolute Gasteiger partial charge is 0.497 e. The van der Waals surface area contributed by atoms with E-state index in [-0.39, 0.29) is 6.04 Å². The van der Waals surface area contributed by atoms with Crippen LogP contribution in [0.3, 0.4) is 0 Å². The molecule has 108 valence electrons. The molecule has 1 aromatic heterocycles. The van der Waals surface area contributed by atoms with Gasteiger partial charge in [0.1, 0.15) is 5.75 Å².